The summed E-state index contributed by atoms with van der Waals surface area (Å²) in [6.45, 7) is 0. The van der Waals surface area contributed by atoms with Crippen LogP contribution in [0.4, 0.5) is 5.69 Å². The minimum atomic E-state index is -0.829. The van der Waals surface area contributed by atoms with Gasteiger partial charge in [-0.2, -0.15) is 0 Å². The van der Waals surface area contributed by atoms with Crippen molar-refractivity contribution < 1.29 is 14.3 Å². The average Bonchev–Trinajstić information content (AvgIpc) is 2.73. The molecule has 0 spiro atoms. The summed E-state index contributed by atoms with van der Waals surface area (Å²) in [6.07, 6.45) is 0. The average molecular weight is 360 g/mol. The number of carbonyl (C=O) groups is 2. The number of ether oxygens (including phenoxy) is 1. The molecule has 2 N–H and O–H groups in total. The molecule has 5 nitrogen and oxygen atoms in total. The summed E-state index contributed by atoms with van der Waals surface area (Å²) in [5.41, 5.74) is 1.78. The molecular weight excluding hydrogens is 340 g/mol. The first-order chi connectivity index (χ1) is 13.2. The lowest BCUT2D eigenvalue weighted by Crippen LogP contribution is -2.37. The second-order valence-corrected chi connectivity index (χ2v) is 5.90. The molecule has 0 aliphatic heterocycles. The Morgan fingerprint density at radius 3 is 2.19 bits per heavy atom. The largest absolute Gasteiger partial charge is 0.497 e. The van der Waals surface area contributed by atoms with Crippen LogP contribution in [0.5, 0.6) is 5.75 Å². The van der Waals surface area contributed by atoms with Gasteiger partial charge in [-0.05, 0) is 29.8 Å². The molecule has 1 atom stereocenters. The van der Waals surface area contributed by atoms with Gasteiger partial charge < -0.3 is 15.4 Å². The summed E-state index contributed by atoms with van der Waals surface area (Å²) >= 11 is 0. The van der Waals surface area contributed by atoms with Crippen LogP contribution in [0.3, 0.4) is 0 Å². The molecule has 0 aromatic heterocycles. The van der Waals surface area contributed by atoms with Crippen molar-refractivity contribution in [3.63, 3.8) is 0 Å². The Bertz CT molecular complexity index is 911. The lowest BCUT2D eigenvalue weighted by molar-refractivity contribution is -0.118. The van der Waals surface area contributed by atoms with Crippen molar-refractivity contribution in [2.45, 2.75) is 6.04 Å². The maximum atomic E-state index is 12.9. The van der Waals surface area contributed by atoms with Crippen LogP contribution < -0.4 is 15.4 Å². The van der Waals surface area contributed by atoms with Crippen LogP contribution in [-0.2, 0) is 4.79 Å². The number of methoxy groups -OCH3 is 1. The number of hydrogen-bond acceptors (Lipinski definition) is 3. The first kappa shape index (κ1) is 18.2. The lowest BCUT2D eigenvalue weighted by atomic mass is 10.1. The van der Waals surface area contributed by atoms with Gasteiger partial charge in [0.15, 0.2) is 0 Å². The zero-order valence-electron chi connectivity index (χ0n) is 14.9. The number of benzene rings is 3. The van der Waals surface area contributed by atoms with Crippen LogP contribution in [0, 0.1) is 0 Å². The van der Waals surface area contributed by atoms with Crippen molar-refractivity contribution in [1.29, 1.82) is 0 Å². The van der Waals surface area contributed by atoms with Crippen LogP contribution in [0.25, 0.3) is 0 Å². The zero-order chi connectivity index (χ0) is 19.1. The van der Waals surface area contributed by atoms with Crippen molar-refractivity contribution >= 4 is 17.5 Å². The molecule has 0 heterocycles. The van der Waals surface area contributed by atoms with E-state index in [0.717, 1.165) is 0 Å². The molecule has 5 heteroatoms. The molecule has 0 saturated carbocycles. The minimum Gasteiger partial charge on any atom is -0.497 e. The van der Waals surface area contributed by atoms with Crippen molar-refractivity contribution in [3.8, 4) is 5.75 Å². The van der Waals surface area contributed by atoms with Gasteiger partial charge in [0.1, 0.15) is 11.8 Å². The van der Waals surface area contributed by atoms with Crippen LogP contribution in [0.1, 0.15) is 22.0 Å². The fourth-order valence-corrected chi connectivity index (χ4v) is 2.66. The minimum absolute atomic E-state index is 0.315. The van der Waals surface area contributed by atoms with E-state index in [9.17, 15) is 9.59 Å². The molecule has 27 heavy (non-hydrogen) atoms. The van der Waals surface area contributed by atoms with Gasteiger partial charge in [-0.25, -0.2) is 0 Å². The summed E-state index contributed by atoms with van der Waals surface area (Å²) in [5, 5.41) is 5.65. The number of nitrogens with one attached hydrogen (secondary N) is 2. The van der Waals surface area contributed by atoms with E-state index in [0.29, 0.717) is 22.6 Å². The van der Waals surface area contributed by atoms with Gasteiger partial charge >= 0.3 is 0 Å². The normalized spacial score (nSPS) is 11.3. The van der Waals surface area contributed by atoms with E-state index in [1.165, 1.54) is 0 Å². The van der Waals surface area contributed by atoms with Gasteiger partial charge in [0.25, 0.3) is 11.8 Å². The zero-order valence-corrected chi connectivity index (χ0v) is 14.9. The SMILES string of the molecule is COc1cccc(NC(=O)C(NC(=O)c2ccccc2)c2ccccc2)c1. The van der Waals surface area contributed by atoms with Crippen LogP contribution in [0.15, 0.2) is 84.9 Å². The number of anilines is 1. The third-order valence-corrected chi connectivity index (χ3v) is 4.04. The lowest BCUT2D eigenvalue weighted by Gasteiger charge is -2.19. The van der Waals surface area contributed by atoms with Crippen LogP contribution >= 0.6 is 0 Å². The Morgan fingerprint density at radius 1 is 0.852 bits per heavy atom. The smallest absolute Gasteiger partial charge is 0.252 e. The molecule has 3 aromatic carbocycles. The van der Waals surface area contributed by atoms with E-state index >= 15 is 0 Å². The monoisotopic (exact) mass is 360 g/mol. The number of hydrogen-bond donors (Lipinski definition) is 2. The molecule has 0 radical (unpaired) electrons. The second-order valence-electron chi connectivity index (χ2n) is 5.90. The quantitative estimate of drug-likeness (QED) is 0.702. The molecule has 0 bridgehead atoms. The highest BCUT2D eigenvalue weighted by molar-refractivity contribution is 6.01. The maximum absolute atomic E-state index is 12.9. The third-order valence-electron chi connectivity index (χ3n) is 4.04. The first-order valence-electron chi connectivity index (χ1n) is 8.53. The van der Waals surface area contributed by atoms with E-state index in [1.807, 2.05) is 24.3 Å². The molecule has 0 saturated heterocycles. The molecule has 3 rings (SSSR count). The standard InChI is InChI=1S/C22H20N2O3/c1-27-19-14-8-13-18(15-19)23-22(26)20(16-9-4-2-5-10-16)24-21(25)17-11-6-3-7-12-17/h2-15,20H,1H3,(H,23,26)(H,24,25). The molecule has 0 aliphatic carbocycles. The third kappa shape index (κ3) is 4.73. The molecule has 0 aliphatic rings. The van der Waals surface area contributed by atoms with Crippen LogP contribution in [-0.4, -0.2) is 18.9 Å². The molecule has 136 valence electrons. The predicted molar refractivity (Wildman–Crippen MR) is 105 cm³/mol. The first-order valence-corrected chi connectivity index (χ1v) is 8.53. The molecule has 1 unspecified atom stereocenters. The van der Waals surface area contributed by atoms with Crippen molar-refractivity contribution in [2.24, 2.45) is 0 Å². The highest BCUT2D eigenvalue weighted by Gasteiger charge is 2.23. The van der Waals surface area contributed by atoms with E-state index in [1.54, 1.807) is 67.8 Å². The summed E-state index contributed by atoms with van der Waals surface area (Å²) < 4.78 is 5.18. The number of carbonyl (C=O) groups excluding carboxylic acids is 2. The van der Waals surface area contributed by atoms with Gasteiger partial charge in [-0.1, -0.05) is 54.6 Å². The number of rotatable bonds is 6. The van der Waals surface area contributed by atoms with E-state index < -0.39 is 6.04 Å². The Kier molecular flexibility index (Phi) is 5.84. The molecule has 2 amide bonds. The van der Waals surface area contributed by atoms with Crippen molar-refractivity contribution in [2.75, 3.05) is 12.4 Å². The maximum Gasteiger partial charge on any atom is 0.252 e. The van der Waals surface area contributed by atoms with Gasteiger partial charge in [0, 0.05) is 17.3 Å². The summed E-state index contributed by atoms with van der Waals surface area (Å²) in [7, 11) is 1.56. The topological polar surface area (TPSA) is 67.4 Å². The van der Waals surface area contributed by atoms with Crippen molar-refractivity contribution in [1.82, 2.24) is 5.32 Å². The predicted octanol–water partition coefficient (Wildman–Crippen LogP) is 3.81. The Labute approximate surface area is 158 Å². The van der Waals surface area contributed by atoms with E-state index in [-0.39, 0.29) is 11.8 Å². The molecule has 0 fully saturated rings. The van der Waals surface area contributed by atoms with Gasteiger partial charge in [-0.3, -0.25) is 9.59 Å². The molecular formula is C22H20N2O3. The van der Waals surface area contributed by atoms with Crippen LogP contribution in [0.2, 0.25) is 0 Å². The fraction of sp³-hybridized carbons (Fsp3) is 0.0909. The van der Waals surface area contributed by atoms with Gasteiger partial charge in [0.05, 0.1) is 7.11 Å². The van der Waals surface area contributed by atoms with E-state index in [2.05, 4.69) is 10.6 Å². The summed E-state index contributed by atoms with van der Waals surface area (Å²) in [5.74, 6) is -0.0126. The second kappa shape index (κ2) is 8.67. The Hall–Kier alpha value is -3.60. The van der Waals surface area contributed by atoms with Gasteiger partial charge in [-0.15, -0.1) is 0 Å². The highest BCUT2D eigenvalue weighted by Crippen LogP contribution is 2.20. The highest BCUT2D eigenvalue weighted by atomic mass is 16.5. The Morgan fingerprint density at radius 2 is 1.52 bits per heavy atom. The van der Waals surface area contributed by atoms with Gasteiger partial charge in [0.2, 0.25) is 0 Å². The summed E-state index contributed by atoms with van der Waals surface area (Å²) in [4.78, 5) is 25.5. The number of amides is 2. The Balaban J connectivity index is 1.83. The molecule has 3 aromatic rings. The fourth-order valence-electron chi connectivity index (χ4n) is 2.66. The van der Waals surface area contributed by atoms with Crippen molar-refractivity contribution in [3.05, 3.63) is 96.1 Å². The summed E-state index contributed by atoms with van der Waals surface area (Å²) in [6, 6.07) is 24.2. The van der Waals surface area contributed by atoms with E-state index in [4.69, 9.17) is 4.74 Å².